The number of nitrogens with zero attached hydrogens (tertiary/aromatic N) is 1. The van der Waals surface area contributed by atoms with Gasteiger partial charge in [0.1, 0.15) is 0 Å². The van der Waals surface area contributed by atoms with Crippen molar-refractivity contribution in [2.24, 2.45) is 4.99 Å². The topological polar surface area (TPSA) is 45.7 Å². The highest BCUT2D eigenvalue weighted by atomic mass is 127. The van der Waals surface area contributed by atoms with E-state index in [1.807, 2.05) is 0 Å². The van der Waals surface area contributed by atoms with Crippen molar-refractivity contribution in [2.75, 3.05) is 19.7 Å². The lowest BCUT2D eigenvalue weighted by atomic mass is 10.0. The molecule has 1 aliphatic heterocycles. The molecule has 1 aromatic heterocycles. The van der Waals surface area contributed by atoms with Crippen LogP contribution in [0.4, 0.5) is 0 Å². The molecule has 7 heteroatoms. The van der Waals surface area contributed by atoms with E-state index in [9.17, 15) is 0 Å². The number of thiophene rings is 1. The lowest BCUT2D eigenvalue weighted by molar-refractivity contribution is 0.0243. The fourth-order valence-corrected chi connectivity index (χ4v) is 3.56. The maximum absolute atomic E-state index is 5.79. The summed E-state index contributed by atoms with van der Waals surface area (Å²) >= 11 is 5.18. The summed E-state index contributed by atoms with van der Waals surface area (Å²) in [5.74, 6) is 0.855. The number of rotatable bonds is 5. The van der Waals surface area contributed by atoms with E-state index >= 15 is 0 Å². The fraction of sp³-hybridized carbons (Fsp3) is 0.643. The number of ether oxygens (including phenoxy) is 1. The van der Waals surface area contributed by atoms with Gasteiger partial charge in [-0.15, -0.1) is 35.3 Å². The van der Waals surface area contributed by atoms with Gasteiger partial charge in [-0.25, -0.2) is 4.99 Å². The third-order valence-corrected chi connectivity index (χ3v) is 4.97. The molecule has 120 valence electrons. The second-order valence-corrected chi connectivity index (χ2v) is 7.09. The van der Waals surface area contributed by atoms with Crippen molar-refractivity contribution < 1.29 is 4.74 Å². The number of halogens is 2. The molecular weight excluding hydrogens is 465 g/mol. The van der Waals surface area contributed by atoms with E-state index in [4.69, 9.17) is 4.74 Å². The van der Waals surface area contributed by atoms with Crippen molar-refractivity contribution in [1.82, 2.24) is 10.6 Å². The Bertz CT molecular complexity index is 461. The predicted molar refractivity (Wildman–Crippen MR) is 104 cm³/mol. The van der Waals surface area contributed by atoms with Crippen molar-refractivity contribution in [3.05, 3.63) is 20.8 Å². The number of hydrogen-bond acceptors (Lipinski definition) is 3. The van der Waals surface area contributed by atoms with Gasteiger partial charge in [-0.05, 0) is 48.7 Å². The van der Waals surface area contributed by atoms with Gasteiger partial charge in [0.25, 0.3) is 0 Å². The van der Waals surface area contributed by atoms with Gasteiger partial charge in [0.15, 0.2) is 5.96 Å². The second-order valence-electron chi connectivity index (χ2n) is 5.18. The maximum atomic E-state index is 5.79. The first-order valence-corrected chi connectivity index (χ1v) is 8.67. The number of nitrogens with one attached hydrogen (secondary N) is 2. The van der Waals surface area contributed by atoms with Crippen LogP contribution >= 0.6 is 51.2 Å². The molecule has 0 spiro atoms. The van der Waals surface area contributed by atoms with E-state index < -0.39 is 0 Å². The quantitative estimate of drug-likeness (QED) is 0.377. The van der Waals surface area contributed by atoms with Gasteiger partial charge < -0.3 is 15.4 Å². The number of aliphatic imine (C=N–C) groups is 1. The first kappa shape index (κ1) is 19.2. The molecule has 1 unspecified atom stereocenters. The van der Waals surface area contributed by atoms with E-state index in [0.29, 0.717) is 6.54 Å². The average Bonchev–Trinajstić information content (AvgIpc) is 3.03. The van der Waals surface area contributed by atoms with Crippen LogP contribution in [0, 0.1) is 0 Å². The summed E-state index contributed by atoms with van der Waals surface area (Å²) in [5.41, 5.74) is -0.0534. The highest BCUT2D eigenvalue weighted by Crippen LogP contribution is 2.24. The summed E-state index contributed by atoms with van der Waals surface area (Å²) in [6.07, 6.45) is 2.26. The molecule has 1 saturated heterocycles. The molecule has 0 aromatic carbocycles. The van der Waals surface area contributed by atoms with Crippen molar-refractivity contribution in [3.63, 3.8) is 0 Å². The molecule has 0 amide bonds. The summed E-state index contributed by atoms with van der Waals surface area (Å²) in [4.78, 5) is 5.87. The van der Waals surface area contributed by atoms with Crippen LogP contribution in [0.2, 0.25) is 0 Å². The molecule has 0 bridgehead atoms. The minimum atomic E-state index is -0.0534. The van der Waals surface area contributed by atoms with Crippen molar-refractivity contribution in [1.29, 1.82) is 0 Å². The molecule has 1 aromatic rings. The van der Waals surface area contributed by atoms with Gasteiger partial charge in [0.2, 0.25) is 0 Å². The largest absolute Gasteiger partial charge is 0.373 e. The van der Waals surface area contributed by atoms with Crippen molar-refractivity contribution in [2.45, 2.75) is 38.8 Å². The zero-order valence-electron chi connectivity index (χ0n) is 12.4. The molecule has 1 fully saturated rings. The third-order valence-electron chi connectivity index (χ3n) is 3.29. The molecule has 0 aliphatic carbocycles. The van der Waals surface area contributed by atoms with Gasteiger partial charge in [-0.2, -0.15) is 0 Å². The van der Waals surface area contributed by atoms with Crippen LogP contribution in [-0.2, 0) is 11.3 Å². The van der Waals surface area contributed by atoms with E-state index in [-0.39, 0.29) is 29.6 Å². The third kappa shape index (κ3) is 6.42. The molecule has 2 N–H and O–H groups in total. The Hall–Kier alpha value is 0.140. The van der Waals surface area contributed by atoms with Gasteiger partial charge in [-0.1, -0.05) is 0 Å². The molecule has 4 nitrogen and oxygen atoms in total. The second kappa shape index (κ2) is 9.32. The van der Waals surface area contributed by atoms with E-state index in [2.05, 4.69) is 56.8 Å². The monoisotopic (exact) mass is 487 g/mol. The Balaban J connectivity index is 0.00000220. The Morgan fingerprint density at radius 3 is 2.90 bits per heavy atom. The average molecular weight is 488 g/mol. The van der Waals surface area contributed by atoms with Crippen LogP contribution < -0.4 is 10.6 Å². The van der Waals surface area contributed by atoms with Crippen molar-refractivity contribution >= 4 is 57.2 Å². The van der Waals surface area contributed by atoms with Gasteiger partial charge in [-0.3, -0.25) is 0 Å². The Morgan fingerprint density at radius 2 is 2.33 bits per heavy atom. The Morgan fingerprint density at radius 1 is 1.52 bits per heavy atom. The number of hydrogen-bond donors (Lipinski definition) is 2. The zero-order valence-corrected chi connectivity index (χ0v) is 17.2. The normalized spacial score (nSPS) is 22.0. The Kier molecular flexibility index (Phi) is 8.51. The van der Waals surface area contributed by atoms with E-state index in [0.717, 1.165) is 43.0 Å². The summed E-state index contributed by atoms with van der Waals surface area (Å²) < 4.78 is 6.91. The molecular formula is C14H23BrIN3OS. The summed E-state index contributed by atoms with van der Waals surface area (Å²) in [6, 6.07) is 2.11. The summed E-state index contributed by atoms with van der Waals surface area (Å²) in [6.45, 7) is 7.46. The van der Waals surface area contributed by atoms with Crippen LogP contribution in [-0.4, -0.2) is 31.3 Å². The minimum Gasteiger partial charge on any atom is -0.373 e. The smallest absolute Gasteiger partial charge is 0.191 e. The summed E-state index contributed by atoms with van der Waals surface area (Å²) in [7, 11) is 0. The van der Waals surface area contributed by atoms with Crippen LogP contribution in [0.3, 0.4) is 0 Å². The van der Waals surface area contributed by atoms with Gasteiger partial charge >= 0.3 is 0 Å². The molecule has 2 rings (SSSR count). The van der Waals surface area contributed by atoms with Crippen LogP contribution in [0.25, 0.3) is 0 Å². The lowest BCUT2D eigenvalue weighted by Gasteiger charge is -2.24. The van der Waals surface area contributed by atoms with Crippen LogP contribution in [0.5, 0.6) is 0 Å². The Labute approximate surface area is 156 Å². The maximum Gasteiger partial charge on any atom is 0.191 e. The van der Waals surface area contributed by atoms with Gasteiger partial charge in [0.05, 0.1) is 12.1 Å². The van der Waals surface area contributed by atoms with E-state index in [1.54, 1.807) is 11.3 Å². The van der Waals surface area contributed by atoms with Crippen LogP contribution in [0.1, 0.15) is 31.6 Å². The molecule has 2 heterocycles. The molecule has 1 atom stereocenters. The number of guanidine groups is 1. The first-order chi connectivity index (χ1) is 9.61. The predicted octanol–water partition coefficient (Wildman–Crippen LogP) is 3.75. The standard InChI is InChI=1S/C14H22BrN3OS.HI/c1-3-16-13(17-8-12-7-11(15)9-20-12)18-10-14(2)5-4-6-19-14;/h7,9H,3-6,8,10H2,1-2H3,(H2,16,17,18);1H. The van der Waals surface area contributed by atoms with Crippen molar-refractivity contribution in [3.8, 4) is 0 Å². The van der Waals surface area contributed by atoms with Gasteiger partial charge in [0, 0.05) is 34.4 Å². The SMILES string of the molecule is CCNC(=NCc1cc(Br)cs1)NCC1(C)CCCO1.I. The molecule has 0 saturated carbocycles. The zero-order chi connectivity index (χ0) is 14.4. The minimum absolute atomic E-state index is 0. The highest BCUT2D eigenvalue weighted by molar-refractivity contribution is 14.0. The molecule has 0 radical (unpaired) electrons. The summed E-state index contributed by atoms with van der Waals surface area (Å²) in [5, 5.41) is 8.75. The fourth-order valence-electron chi connectivity index (χ4n) is 2.18. The first-order valence-electron chi connectivity index (χ1n) is 7.00. The van der Waals surface area contributed by atoms with E-state index in [1.165, 1.54) is 4.88 Å². The van der Waals surface area contributed by atoms with Crippen LogP contribution in [0.15, 0.2) is 20.9 Å². The molecule has 1 aliphatic rings. The lowest BCUT2D eigenvalue weighted by Crippen LogP contribution is -2.45. The highest BCUT2D eigenvalue weighted by Gasteiger charge is 2.29. The molecule has 21 heavy (non-hydrogen) atoms.